The Kier molecular flexibility index (Phi) is 3.48. The van der Waals surface area contributed by atoms with Gasteiger partial charge in [0, 0.05) is 11.9 Å². The molecule has 0 spiro atoms. The lowest BCUT2D eigenvalue weighted by Crippen LogP contribution is -1.92. The summed E-state index contributed by atoms with van der Waals surface area (Å²) in [6.07, 6.45) is 3.13. The molecule has 0 fully saturated rings. The van der Waals surface area contributed by atoms with Crippen LogP contribution in [0.2, 0.25) is 0 Å². The Morgan fingerprint density at radius 1 is 1.42 bits per heavy atom. The number of benzene rings is 1. The van der Waals surface area contributed by atoms with Gasteiger partial charge in [-0.15, -0.1) is 0 Å². The summed E-state index contributed by atoms with van der Waals surface area (Å²) >= 11 is 1.64. The summed E-state index contributed by atoms with van der Waals surface area (Å²) in [4.78, 5) is 0. The highest BCUT2D eigenvalue weighted by Gasteiger charge is 1.98. The van der Waals surface area contributed by atoms with Crippen LogP contribution in [-0.4, -0.2) is 6.26 Å². The molecule has 66 valence electrons. The molecular formula is C10H15NS. The van der Waals surface area contributed by atoms with Crippen LogP contribution in [0.1, 0.15) is 18.1 Å². The Labute approximate surface area is 78.7 Å². The fraction of sp³-hybridized carbons (Fsp3) is 0.400. The molecule has 0 aliphatic heterocycles. The highest BCUT2D eigenvalue weighted by atomic mass is 32.2. The van der Waals surface area contributed by atoms with Gasteiger partial charge in [0.15, 0.2) is 0 Å². The topological polar surface area (TPSA) is 12.0 Å². The minimum Gasteiger partial charge on any atom is -0.330 e. The largest absolute Gasteiger partial charge is 0.330 e. The highest BCUT2D eigenvalue weighted by molar-refractivity contribution is 7.99. The van der Waals surface area contributed by atoms with E-state index in [9.17, 15) is 0 Å². The van der Waals surface area contributed by atoms with Crippen molar-refractivity contribution < 1.29 is 0 Å². The molecule has 0 heterocycles. The van der Waals surface area contributed by atoms with Gasteiger partial charge in [-0.3, -0.25) is 0 Å². The lowest BCUT2D eigenvalue weighted by molar-refractivity contribution is 1.14. The maximum Gasteiger partial charge on any atom is 0.0472 e. The minimum absolute atomic E-state index is 1.09. The molecule has 0 unspecified atom stereocenters. The predicted octanol–water partition coefficient (Wildman–Crippen LogP) is 3.25. The van der Waals surface area contributed by atoms with Gasteiger partial charge in [-0.2, -0.15) is 0 Å². The molecule has 0 radical (unpaired) electrons. The van der Waals surface area contributed by atoms with E-state index in [0.717, 1.165) is 6.42 Å². The Bertz CT molecular complexity index is 258. The van der Waals surface area contributed by atoms with Crippen molar-refractivity contribution in [1.82, 2.24) is 0 Å². The van der Waals surface area contributed by atoms with Gasteiger partial charge in [-0.1, -0.05) is 36.6 Å². The molecule has 0 aliphatic carbocycles. The summed E-state index contributed by atoms with van der Waals surface area (Å²) < 4.78 is 3.27. The molecule has 1 rings (SSSR count). The van der Waals surface area contributed by atoms with Crippen molar-refractivity contribution in [1.29, 1.82) is 0 Å². The molecular weight excluding hydrogens is 166 g/mol. The monoisotopic (exact) mass is 181 g/mol. The molecule has 0 amide bonds. The molecule has 2 heteroatoms. The molecule has 1 aromatic carbocycles. The quantitative estimate of drug-likeness (QED) is 0.718. The maximum absolute atomic E-state index is 3.27. The Hall–Kier alpha value is -0.630. The highest BCUT2D eigenvalue weighted by Crippen LogP contribution is 2.19. The van der Waals surface area contributed by atoms with Crippen molar-refractivity contribution in [3.05, 3.63) is 29.3 Å². The predicted molar refractivity (Wildman–Crippen MR) is 57.7 cm³/mol. The van der Waals surface area contributed by atoms with E-state index >= 15 is 0 Å². The molecule has 1 nitrogen and oxygen atoms in total. The third-order valence-corrected chi connectivity index (χ3v) is 2.28. The minimum atomic E-state index is 1.09. The van der Waals surface area contributed by atoms with Gasteiger partial charge < -0.3 is 4.72 Å². The molecule has 1 aromatic rings. The number of nitrogens with one attached hydrogen (secondary N) is 1. The zero-order valence-electron chi connectivity index (χ0n) is 7.85. The van der Waals surface area contributed by atoms with Crippen molar-refractivity contribution in [2.45, 2.75) is 20.3 Å². The second-order valence-electron chi connectivity index (χ2n) is 2.82. The van der Waals surface area contributed by atoms with Crippen LogP contribution in [0.4, 0.5) is 5.69 Å². The fourth-order valence-corrected chi connectivity index (χ4v) is 1.64. The van der Waals surface area contributed by atoms with Gasteiger partial charge >= 0.3 is 0 Å². The maximum atomic E-state index is 3.27. The van der Waals surface area contributed by atoms with E-state index in [1.807, 2.05) is 6.26 Å². The summed E-state index contributed by atoms with van der Waals surface area (Å²) in [7, 11) is 0. The normalized spacial score (nSPS) is 9.92. The first-order valence-electron chi connectivity index (χ1n) is 4.16. The van der Waals surface area contributed by atoms with Crippen LogP contribution < -0.4 is 4.72 Å². The van der Waals surface area contributed by atoms with Crippen molar-refractivity contribution in [2.75, 3.05) is 11.0 Å². The number of aryl methyl sites for hydroxylation is 2. The number of hydrogen-bond acceptors (Lipinski definition) is 2. The smallest absolute Gasteiger partial charge is 0.0472 e. The standard InChI is InChI=1S/C10H15NS/c1-4-9-7-8(2)5-6-10(9)11-12-3/h5-7,11H,4H2,1-3H3. The van der Waals surface area contributed by atoms with Crippen LogP contribution in [0.3, 0.4) is 0 Å². The first kappa shape index (κ1) is 9.46. The second kappa shape index (κ2) is 4.41. The average molecular weight is 181 g/mol. The van der Waals surface area contributed by atoms with E-state index in [4.69, 9.17) is 0 Å². The molecule has 12 heavy (non-hydrogen) atoms. The van der Waals surface area contributed by atoms with Crippen molar-refractivity contribution in [3.8, 4) is 0 Å². The summed E-state index contributed by atoms with van der Waals surface area (Å²) in [6.45, 7) is 4.31. The fourth-order valence-electron chi connectivity index (χ4n) is 1.22. The molecule has 0 bridgehead atoms. The summed E-state index contributed by atoms with van der Waals surface area (Å²) in [5.74, 6) is 0. The van der Waals surface area contributed by atoms with E-state index in [1.54, 1.807) is 11.9 Å². The van der Waals surface area contributed by atoms with Gasteiger partial charge in [0.25, 0.3) is 0 Å². The average Bonchev–Trinajstić information content (AvgIpc) is 2.08. The van der Waals surface area contributed by atoms with Crippen molar-refractivity contribution >= 4 is 17.6 Å². The molecule has 0 saturated heterocycles. The van der Waals surface area contributed by atoms with E-state index < -0.39 is 0 Å². The van der Waals surface area contributed by atoms with E-state index in [-0.39, 0.29) is 0 Å². The van der Waals surface area contributed by atoms with Gasteiger partial charge in [-0.05, 0) is 25.0 Å². The van der Waals surface area contributed by atoms with Crippen LogP contribution >= 0.6 is 11.9 Å². The van der Waals surface area contributed by atoms with Gasteiger partial charge in [0.2, 0.25) is 0 Å². The molecule has 1 N–H and O–H groups in total. The first-order valence-corrected chi connectivity index (χ1v) is 5.39. The summed E-state index contributed by atoms with van der Waals surface area (Å²) in [6, 6.07) is 6.51. The zero-order chi connectivity index (χ0) is 8.97. The molecule has 0 saturated carbocycles. The second-order valence-corrected chi connectivity index (χ2v) is 3.43. The van der Waals surface area contributed by atoms with Crippen LogP contribution in [0.25, 0.3) is 0 Å². The zero-order valence-corrected chi connectivity index (χ0v) is 8.66. The van der Waals surface area contributed by atoms with E-state index in [1.165, 1.54) is 16.8 Å². The number of anilines is 1. The summed E-state index contributed by atoms with van der Waals surface area (Å²) in [5.41, 5.74) is 3.97. The SMILES string of the molecule is CCc1cc(C)ccc1NSC. The third kappa shape index (κ3) is 2.18. The third-order valence-electron chi connectivity index (χ3n) is 1.85. The lowest BCUT2D eigenvalue weighted by Gasteiger charge is -2.08. The van der Waals surface area contributed by atoms with Crippen LogP contribution in [0.5, 0.6) is 0 Å². The Morgan fingerprint density at radius 2 is 2.17 bits per heavy atom. The molecule has 0 atom stereocenters. The number of hydrogen-bond donors (Lipinski definition) is 1. The van der Waals surface area contributed by atoms with Gasteiger partial charge in [0.05, 0.1) is 0 Å². The van der Waals surface area contributed by atoms with Crippen LogP contribution in [0.15, 0.2) is 18.2 Å². The van der Waals surface area contributed by atoms with Crippen LogP contribution in [-0.2, 0) is 6.42 Å². The van der Waals surface area contributed by atoms with Crippen molar-refractivity contribution in [3.63, 3.8) is 0 Å². The number of rotatable bonds is 3. The van der Waals surface area contributed by atoms with Gasteiger partial charge in [-0.25, -0.2) is 0 Å². The first-order chi connectivity index (χ1) is 5.77. The Morgan fingerprint density at radius 3 is 2.75 bits per heavy atom. The molecule has 0 aromatic heterocycles. The molecule has 0 aliphatic rings. The van der Waals surface area contributed by atoms with E-state index in [2.05, 4.69) is 36.8 Å². The van der Waals surface area contributed by atoms with Crippen LogP contribution in [0, 0.1) is 6.92 Å². The lowest BCUT2D eigenvalue weighted by atomic mass is 10.1. The van der Waals surface area contributed by atoms with Crippen molar-refractivity contribution in [2.24, 2.45) is 0 Å². The van der Waals surface area contributed by atoms with Gasteiger partial charge in [0.1, 0.15) is 0 Å². The van der Waals surface area contributed by atoms with E-state index in [0.29, 0.717) is 0 Å². The summed E-state index contributed by atoms with van der Waals surface area (Å²) in [5, 5.41) is 0. The Balaban J connectivity index is 2.94.